The molecule has 6 nitrogen and oxygen atoms in total. The van der Waals surface area contributed by atoms with E-state index >= 15 is 0 Å². The molecule has 1 fully saturated rings. The molecule has 0 spiro atoms. The van der Waals surface area contributed by atoms with Crippen LogP contribution in [0, 0.1) is 0 Å². The van der Waals surface area contributed by atoms with Gasteiger partial charge in [0.25, 0.3) is 10.2 Å². The van der Waals surface area contributed by atoms with Gasteiger partial charge in [0.05, 0.1) is 7.11 Å². The highest BCUT2D eigenvalue weighted by molar-refractivity contribution is 7.86. The van der Waals surface area contributed by atoms with Crippen LogP contribution in [0.1, 0.15) is 35.7 Å². The lowest BCUT2D eigenvalue weighted by Crippen LogP contribution is -2.45. The van der Waals surface area contributed by atoms with E-state index < -0.39 is 10.2 Å². The van der Waals surface area contributed by atoms with Gasteiger partial charge in [-0.05, 0) is 42.7 Å². The van der Waals surface area contributed by atoms with Crippen molar-refractivity contribution >= 4 is 10.2 Å². The van der Waals surface area contributed by atoms with Crippen LogP contribution in [0.2, 0.25) is 0 Å². The molecule has 1 aromatic carbocycles. The van der Waals surface area contributed by atoms with E-state index in [4.69, 9.17) is 9.72 Å². The maximum Gasteiger partial charge on any atom is 0.281 e. The third-order valence-corrected chi connectivity index (χ3v) is 6.84. The van der Waals surface area contributed by atoms with Crippen LogP contribution in [0.3, 0.4) is 0 Å². The normalized spacial score (nSPS) is 18.6. The zero-order valence-electron chi connectivity index (χ0n) is 16.1. The predicted octanol–water partition coefficient (Wildman–Crippen LogP) is 2.67. The molecule has 0 unspecified atom stereocenters. The smallest absolute Gasteiger partial charge is 0.281 e. The zero-order valence-corrected chi connectivity index (χ0v) is 16.9. The van der Waals surface area contributed by atoms with Gasteiger partial charge in [-0.1, -0.05) is 18.2 Å². The molecule has 0 bridgehead atoms. The average molecular weight is 390 g/mol. The van der Waals surface area contributed by atoms with E-state index in [9.17, 15) is 8.42 Å². The lowest BCUT2D eigenvalue weighted by atomic mass is 9.95. The van der Waals surface area contributed by atoms with Crippen molar-refractivity contribution in [3.63, 3.8) is 0 Å². The van der Waals surface area contributed by atoms with E-state index in [1.807, 2.05) is 36.4 Å². The summed E-state index contributed by atoms with van der Waals surface area (Å²) in [5, 5.41) is 0. The van der Waals surface area contributed by atoms with E-state index in [0.717, 1.165) is 42.0 Å². The first kappa shape index (κ1) is 19.8. The molecular weight excluding hydrogens is 362 g/mol. The summed E-state index contributed by atoms with van der Waals surface area (Å²) >= 11 is 0. The van der Waals surface area contributed by atoms with Crippen molar-refractivity contribution in [3.05, 3.63) is 59.4 Å². The van der Waals surface area contributed by atoms with Crippen LogP contribution < -0.4 is 4.74 Å². The topological polar surface area (TPSA) is 62.7 Å². The summed E-state index contributed by atoms with van der Waals surface area (Å²) < 4.78 is 33.0. The van der Waals surface area contributed by atoms with Gasteiger partial charge in [0, 0.05) is 50.9 Å². The maximum atomic E-state index is 12.5. The summed E-state index contributed by atoms with van der Waals surface area (Å²) in [6.07, 6.45) is 2.52. The number of ether oxygens (including phenoxy) is 1. The summed E-state index contributed by atoms with van der Waals surface area (Å²) in [6, 6.07) is 14.0. The number of aromatic nitrogens is 1. The Balaban J connectivity index is 1.76. The zero-order chi connectivity index (χ0) is 19.4. The van der Waals surface area contributed by atoms with Gasteiger partial charge in [0.15, 0.2) is 0 Å². The predicted molar refractivity (Wildman–Crippen MR) is 106 cm³/mol. The highest BCUT2D eigenvalue weighted by atomic mass is 32.2. The molecule has 1 aromatic heterocycles. The molecular formula is C20H27N3O3S. The summed E-state index contributed by atoms with van der Waals surface area (Å²) in [5.74, 6) is 0.958. The second-order valence-corrected chi connectivity index (χ2v) is 9.21. The van der Waals surface area contributed by atoms with E-state index in [1.54, 1.807) is 25.5 Å². The second kappa shape index (κ2) is 8.37. The fourth-order valence-electron chi connectivity index (χ4n) is 3.44. The minimum absolute atomic E-state index is 0.124. The second-order valence-electron chi connectivity index (χ2n) is 7.07. The van der Waals surface area contributed by atoms with Crippen molar-refractivity contribution in [2.24, 2.45) is 0 Å². The van der Waals surface area contributed by atoms with Crippen molar-refractivity contribution in [3.8, 4) is 5.75 Å². The van der Waals surface area contributed by atoms with Crippen LogP contribution in [0.5, 0.6) is 5.75 Å². The number of nitrogens with zero attached hydrogens (tertiary/aromatic N) is 3. The Hall–Kier alpha value is -1.96. The van der Waals surface area contributed by atoms with Gasteiger partial charge in [-0.15, -0.1) is 0 Å². The first-order chi connectivity index (χ1) is 12.9. The number of hydrogen-bond donors (Lipinski definition) is 0. The largest absolute Gasteiger partial charge is 0.497 e. The third kappa shape index (κ3) is 4.66. The molecule has 3 rings (SSSR count). The molecule has 27 heavy (non-hydrogen) atoms. The lowest BCUT2D eigenvalue weighted by molar-refractivity contribution is 0.296. The Kier molecular flexibility index (Phi) is 6.14. The Labute approximate surface area is 162 Å². The molecule has 0 aliphatic carbocycles. The molecule has 1 aliphatic heterocycles. The fraction of sp³-hybridized carbons (Fsp3) is 0.450. The van der Waals surface area contributed by atoms with Gasteiger partial charge >= 0.3 is 0 Å². The summed E-state index contributed by atoms with van der Waals surface area (Å²) in [6.45, 7) is 1.05. The van der Waals surface area contributed by atoms with Gasteiger partial charge in [0.1, 0.15) is 5.75 Å². The van der Waals surface area contributed by atoms with E-state index in [-0.39, 0.29) is 5.92 Å². The number of hydrogen-bond acceptors (Lipinski definition) is 4. The SMILES string of the molecule is COc1cccc(Cc2cccc([C@H]3CCCN(S(=O)(=O)N(C)C)C3)n2)c1. The molecule has 1 aliphatic rings. The van der Waals surface area contributed by atoms with Gasteiger partial charge in [-0.25, -0.2) is 0 Å². The molecule has 1 atom stereocenters. The minimum atomic E-state index is -3.38. The average Bonchev–Trinajstić information content (AvgIpc) is 2.68. The number of rotatable bonds is 6. The lowest BCUT2D eigenvalue weighted by Gasteiger charge is -2.33. The standard InChI is InChI=1S/C20H27N3O3S/c1-22(2)27(24,25)23-12-6-8-17(15-23)20-11-5-9-18(21-20)13-16-7-4-10-19(14-16)26-3/h4-5,7,9-11,14,17H,6,8,12-13,15H2,1-3H3/t17-/m0/s1. The first-order valence-corrected chi connectivity index (χ1v) is 10.6. The van der Waals surface area contributed by atoms with E-state index in [0.29, 0.717) is 13.1 Å². The number of benzene rings is 1. The minimum Gasteiger partial charge on any atom is -0.497 e. The van der Waals surface area contributed by atoms with Crippen LogP contribution in [0.25, 0.3) is 0 Å². The summed E-state index contributed by atoms with van der Waals surface area (Å²) in [5.41, 5.74) is 3.09. The van der Waals surface area contributed by atoms with Gasteiger partial charge in [0.2, 0.25) is 0 Å². The van der Waals surface area contributed by atoms with Crippen LogP contribution in [0.15, 0.2) is 42.5 Å². The molecule has 7 heteroatoms. The molecule has 2 aromatic rings. The third-order valence-electron chi connectivity index (χ3n) is 4.94. The Bertz CT molecular complexity index is 884. The highest BCUT2D eigenvalue weighted by Crippen LogP contribution is 2.28. The van der Waals surface area contributed by atoms with Gasteiger partial charge in [-0.2, -0.15) is 17.0 Å². The molecule has 0 saturated carbocycles. The summed E-state index contributed by atoms with van der Waals surface area (Å²) in [7, 11) is 1.43. The maximum absolute atomic E-state index is 12.5. The molecule has 2 heterocycles. The Morgan fingerprint density at radius 1 is 1.22 bits per heavy atom. The highest BCUT2D eigenvalue weighted by Gasteiger charge is 2.31. The number of piperidine rings is 1. The van der Waals surface area contributed by atoms with Crippen molar-refractivity contribution in [2.45, 2.75) is 25.2 Å². The molecule has 0 amide bonds. The first-order valence-electron chi connectivity index (χ1n) is 9.16. The van der Waals surface area contributed by atoms with Crippen molar-refractivity contribution in [1.29, 1.82) is 0 Å². The number of pyridine rings is 1. The molecule has 146 valence electrons. The van der Waals surface area contributed by atoms with Crippen LogP contribution in [-0.4, -0.2) is 56.3 Å². The van der Waals surface area contributed by atoms with Crippen molar-refractivity contribution < 1.29 is 13.2 Å². The molecule has 1 saturated heterocycles. The van der Waals surface area contributed by atoms with Crippen LogP contribution >= 0.6 is 0 Å². The van der Waals surface area contributed by atoms with Crippen LogP contribution in [-0.2, 0) is 16.6 Å². The quantitative estimate of drug-likeness (QED) is 0.762. The molecule has 0 N–H and O–H groups in total. The van der Waals surface area contributed by atoms with Gasteiger partial charge < -0.3 is 4.74 Å². The summed E-state index contributed by atoms with van der Waals surface area (Å²) in [4.78, 5) is 4.83. The fourth-order valence-corrected chi connectivity index (χ4v) is 4.63. The monoisotopic (exact) mass is 389 g/mol. The molecule has 0 radical (unpaired) electrons. The Morgan fingerprint density at radius 2 is 2.00 bits per heavy atom. The Morgan fingerprint density at radius 3 is 2.74 bits per heavy atom. The van der Waals surface area contributed by atoms with E-state index in [1.165, 1.54) is 4.31 Å². The van der Waals surface area contributed by atoms with Crippen LogP contribution in [0.4, 0.5) is 0 Å². The van der Waals surface area contributed by atoms with Crippen molar-refractivity contribution in [1.82, 2.24) is 13.6 Å². The number of methoxy groups -OCH3 is 1. The van der Waals surface area contributed by atoms with Gasteiger partial charge in [-0.3, -0.25) is 4.98 Å². The van der Waals surface area contributed by atoms with Crippen molar-refractivity contribution in [2.75, 3.05) is 34.3 Å². The van der Waals surface area contributed by atoms with E-state index in [2.05, 4.69) is 6.07 Å².